The molecule has 4 nitrogen and oxygen atoms in total. The number of amides is 2. The molecule has 138 valence electrons. The fourth-order valence-electron chi connectivity index (χ4n) is 2.74. The Morgan fingerprint density at radius 1 is 1.08 bits per heavy atom. The standard InChI is InChI=1S/C21H25BrN2O2/c1-14(2)19(23-20(25)18-8-6-5-7-15(18)3)21(26)24(4)13-16-9-11-17(22)12-10-16/h5-12,14,19H,13H2,1-4H3,(H,23,25). The summed E-state index contributed by atoms with van der Waals surface area (Å²) in [6.45, 7) is 6.26. The summed E-state index contributed by atoms with van der Waals surface area (Å²) >= 11 is 3.41. The second-order valence-corrected chi connectivity index (χ2v) is 7.75. The Kier molecular flexibility index (Phi) is 6.98. The van der Waals surface area contributed by atoms with Crippen molar-refractivity contribution in [3.05, 3.63) is 69.7 Å². The van der Waals surface area contributed by atoms with Gasteiger partial charge in [0.1, 0.15) is 6.04 Å². The molecule has 2 rings (SSSR count). The average Bonchev–Trinajstić information content (AvgIpc) is 2.61. The molecule has 1 unspecified atom stereocenters. The number of benzene rings is 2. The number of likely N-dealkylation sites (N-methyl/N-ethyl adjacent to an activating group) is 1. The van der Waals surface area contributed by atoms with Crippen molar-refractivity contribution in [1.82, 2.24) is 10.2 Å². The highest BCUT2D eigenvalue weighted by Gasteiger charge is 2.27. The van der Waals surface area contributed by atoms with Crippen LogP contribution in [0, 0.1) is 12.8 Å². The highest BCUT2D eigenvalue weighted by Crippen LogP contribution is 2.14. The topological polar surface area (TPSA) is 49.4 Å². The van der Waals surface area contributed by atoms with Gasteiger partial charge in [-0.25, -0.2) is 0 Å². The summed E-state index contributed by atoms with van der Waals surface area (Å²) in [7, 11) is 1.76. The molecule has 2 amide bonds. The summed E-state index contributed by atoms with van der Waals surface area (Å²) in [5.41, 5.74) is 2.53. The van der Waals surface area contributed by atoms with Crippen LogP contribution in [-0.2, 0) is 11.3 Å². The Morgan fingerprint density at radius 3 is 2.27 bits per heavy atom. The number of nitrogens with one attached hydrogen (secondary N) is 1. The Labute approximate surface area is 163 Å². The molecule has 0 aromatic heterocycles. The van der Waals surface area contributed by atoms with Gasteiger partial charge in [-0.3, -0.25) is 9.59 Å². The molecular weight excluding hydrogens is 392 g/mol. The van der Waals surface area contributed by atoms with E-state index in [1.54, 1.807) is 18.0 Å². The fourth-order valence-corrected chi connectivity index (χ4v) is 3.00. The second kappa shape index (κ2) is 8.99. The van der Waals surface area contributed by atoms with Gasteiger partial charge in [0.15, 0.2) is 0 Å². The van der Waals surface area contributed by atoms with Crippen molar-refractivity contribution in [3.8, 4) is 0 Å². The smallest absolute Gasteiger partial charge is 0.252 e. The van der Waals surface area contributed by atoms with Crippen LogP contribution in [-0.4, -0.2) is 29.8 Å². The lowest BCUT2D eigenvalue weighted by Gasteiger charge is -2.27. The van der Waals surface area contributed by atoms with Crippen LogP contribution < -0.4 is 5.32 Å². The molecule has 0 bridgehead atoms. The molecule has 0 aliphatic heterocycles. The number of hydrogen-bond acceptors (Lipinski definition) is 2. The van der Waals surface area contributed by atoms with Crippen molar-refractivity contribution in [2.45, 2.75) is 33.4 Å². The largest absolute Gasteiger partial charge is 0.340 e. The molecule has 2 aromatic carbocycles. The maximum Gasteiger partial charge on any atom is 0.252 e. The minimum Gasteiger partial charge on any atom is -0.340 e. The third kappa shape index (κ3) is 5.18. The lowest BCUT2D eigenvalue weighted by atomic mass is 10.0. The predicted octanol–water partition coefficient (Wildman–Crippen LogP) is 4.17. The van der Waals surface area contributed by atoms with Crippen LogP contribution in [0.2, 0.25) is 0 Å². The molecule has 0 fully saturated rings. The van der Waals surface area contributed by atoms with Crippen molar-refractivity contribution in [3.63, 3.8) is 0 Å². The monoisotopic (exact) mass is 416 g/mol. The Hall–Kier alpha value is -2.14. The zero-order valence-corrected chi connectivity index (χ0v) is 17.2. The summed E-state index contributed by atoms with van der Waals surface area (Å²) < 4.78 is 1.00. The number of rotatable bonds is 6. The quantitative estimate of drug-likeness (QED) is 0.767. The maximum absolute atomic E-state index is 12.9. The highest BCUT2D eigenvalue weighted by molar-refractivity contribution is 9.10. The number of carbonyl (C=O) groups is 2. The van der Waals surface area contributed by atoms with E-state index in [0.717, 1.165) is 15.6 Å². The van der Waals surface area contributed by atoms with Gasteiger partial charge in [0, 0.05) is 23.6 Å². The van der Waals surface area contributed by atoms with Crippen molar-refractivity contribution in [2.75, 3.05) is 7.05 Å². The molecule has 5 heteroatoms. The lowest BCUT2D eigenvalue weighted by Crippen LogP contribution is -2.50. The summed E-state index contributed by atoms with van der Waals surface area (Å²) in [6, 6.07) is 14.7. The summed E-state index contributed by atoms with van der Waals surface area (Å²) in [5, 5.41) is 2.91. The van der Waals surface area contributed by atoms with Crippen LogP contribution >= 0.6 is 15.9 Å². The average molecular weight is 417 g/mol. The molecule has 1 atom stereocenters. The normalized spacial score (nSPS) is 11.9. The van der Waals surface area contributed by atoms with Crippen LogP contribution in [0.5, 0.6) is 0 Å². The van der Waals surface area contributed by atoms with Gasteiger partial charge in [-0.2, -0.15) is 0 Å². The van der Waals surface area contributed by atoms with Gasteiger partial charge in [0.25, 0.3) is 5.91 Å². The third-order valence-electron chi connectivity index (χ3n) is 4.32. The van der Waals surface area contributed by atoms with Crippen LogP contribution in [0.25, 0.3) is 0 Å². The van der Waals surface area contributed by atoms with Crippen molar-refractivity contribution in [1.29, 1.82) is 0 Å². The van der Waals surface area contributed by atoms with Crippen LogP contribution in [0.4, 0.5) is 0 Å². The molecule has 0 saturated carbocycles. The number of aryl methyl sites for hydroxylation is 1. The minimum atomic E-state index is -0.567. The zero-order chi connectivity index (χ0) is 19.3. The first-order valence-corrected chi connectivity index (χ1v) is 9.44. The first-order chi connectivity index (χ1) is 12.3. The fraction of sp³-hybridized carbons (Fsp3) is 0.333. The number of nitrogens with zero attached hydrogens (tertiary/aromatic N) is 1. The van der Waals surface area contributed by atoms with Crippen molar-refractivity contribution >= 4 is 27.7 Å². The molecule has 2 aromatic rings. The van der Waals surface area contributed by atoms with E-state index < -0.39 is 6.04 Å². The Morgan fingerprint density at radius 2 is 1.69 bits per heavy atom. The zero-order valence-electron chi connectivity index (χ0n) is 15.6. The molecule has 26 heavy (non-hydrogen) atoms. The number of carbonyl (C=O) groups excluding carboxylic acids is 2. The second-order valence-electron chi connectivity index (χ2n) is 6.83. The van der Waals surface area contributed by atoms with E-state index in [4.69, 9.17) is 0 Å². The molecule has 0 radical (unpaired) electrons. The van der Waals surface area contributed by atoms with Crippen molar-refractivity contribution < 1.29 is 9.59 Å². The Bertz CT molecular complexity index is 772. The van der Waals surface area contributed by atoms with Gasteiger partial charge in [0.05, 0.1) is 0 Å². The SMILES string of the molecule is Cc1ccccc1C(=O)NC(C(=O)N(C)Cc1ccc(Br)cc1)C(C)C. The summed E-state index contributed by atoms with van der Waals surface area (Å²) in [4.78, 5) is 27.2. The van der Waals surface area contributed by atoms with E-state index >= 15 is 0 Å². The number of hydrogen-bond donors (Lipinski definition) is 1. The van der Waals surface area contributed by atoms with Gasteiger partial charge in [-0.15, -0.1) is 0 Å². The van der Waals surface area contributed by atoms with E-state index in [1.807, 2.05) is 63.2 Å². The van der Waals surface area contributed by atoms with Crippen LogP contribution in [0.1, 0.15) is 35.3 Å². The van der Waals surface area contributed by atoms with Gasteiger partial charge in [0.2, 0.25) is 5.91 Å². The molecule has 0 aliphatic rings. The van der Waals surface area contributed by atoms with Gasteiger partial charge < -0.3 is 10.2 Å². The van der Waals surface area contributed by atoms with Crippen LogP contribution in [0.15, 0.2) is 53.0 Å². The van der Waals surface area contributed by atoms with Gasteiger partial charge in [-0.1, -0.05) is 60.1 Å². The van der Waals surface area contributed by atoms with Crippen molar-refractivity contribution in [2.24, 2.45) is 5.92 Å². The Balaban J connectivity index is 2.10. The first kappa shape index (κ1) is 20.2. The lowest BCUT2D eigenvalue weighted by molar-refractivity contribution is -0.133. The predicted molar refractivity (Wildman–Crippen MR) is 108 cm³/mol. The van der Waals surface area contributed by atoms with E-state index in [-0.39, 0.29) is 17.7 Å². The summed E-state index contributed by atoms with van der Waals surface area (Å²) in [6.07, 6.45) is 0. The highest BCUT2D eigenvalue weighted by atomic mass is 79.9. The molecule has 0 spiro atoms. The molecule has 0 aliphatic carbocycles. The maximum atomic E-state index is 12.9. The van der Waals surface area contributed by atoms with Gasteiger partial charge in [-0.05, 0) is 42.2 Å². The van der Waals surface area contributed by atoms with Gasteiger partial charge >= 0.3 is 0 Å². The number of halogens is 1. The molecule has 0 heterocycles. The van der Waals surface area contributed by atoms with E-state index in [2.05, 4.69) is 21.2 Å². The first-order valence-electron chi connectivity index (χ1n) is 8.65. The van der Waals surface area contributed by atoms with Crippen LogP contribution in [0.3, 0.4) is 0 Å². The molecule has 0 saturated heterocycles. The third-order valence-corrected chi connectivity index (χ3v) is 4.85. The molecule has 1 N–H and O–H groups in total. The van der Waals surface area contributed by atoms with E-state index in [9.17, 15) is 9.59 Å². The molecular formula is C21H25BrN2O2. The van der Waals surface area contributed by atoms with E-state index in [0.29, 0.717) is 12.1 Å². The minimum absolute atomic E-state index is 0.0113. The van der Waals surface area contributed by atoms with E-state index in [1.165, 1.54) is 0 Å². The summed E-state index contributed by atoms with van der Waals surface area (Å²) in [5.74, 6) is -0.320.